The molecule has 1 rings (SSSR count). The molecule has 0 amide bonds. The van der Waals surface area contributed by atoms with Crippen LogP contribution in [0.1, 0.15) is 32.1 Å². The number of hydrogen-bond acceptors (Lipinski definition) is 3. The molecule has 2 N–H and O–H groups in total. The maximum absolute atomic E-state index is 10.7. The summed E-state index contributed by atoms with van der Waals surface area (Å²) in [5.74, 6) is -0.959. The smallest absolute Gasteiger partial charge is 0.550 e. The summed E-state index contributed by atoms with van der Waals surface area (Å²) >= 11 is 0. The molecule has 0 aliphatic heterocycles. The molecule has 0 heterocycles. The number of carbonyl (C=O) groups is 1. The molecule has 0 atom stereocenters. The van der Waals surface area contributed by atoms with Gasteiger partial charge >= 0.3 is 29.6 Å². The first-order valence-corrected chi connectivity index (χ1v) is 4.13. The molecular formula is C8H14NNaO2. The minimum Gasteiger partial charge on any atom is -0.550 e. The fourth-order valence-electron chi connectivity index (χ4n) is 1.72. The van der Waals surface area contributed by atoms with Crippen molar-refractivity contribution in [1.29, 1.82) is 0 Å². The Labute approximate surface area is 95.0 Å². The van der Waals surface area contributed by atoms with E-state index in [1.165, 1.54) is 0 Å². The first kappa shape index (κ1) is 12.4. The number of nitrogens with two attached hydrogens (primary N) is 1. The number of carboxylic acid groups (broad SMARTS) is 1. The third kappa shape index (κ3) is 2.46. The molecule has 3 nitrogen and oxygen atoms in total. The van der Waals surface area contributed by atoms with Crippen LogP contribution < -0.4 is 40.4 Å². The molecule has 0 saturated heterocycles. The van der Waals surface area contributed by atoms with Gasteiger partial charge in [0, 0.05) is 17.9 Å². The van der Waals surface area contributed by atoms with Crippen molar-refractivity contribution in [3.05, 3.63) is 0 Å². The van der Waals surface area contributed by atoms with Gasteiger partial charge in [-0.25, -0.2) is 0 Å². The molecule has 1 aliphatic rings. The molecule has 12 heavy (non-hydrogen) atoms. The van der Waals surface area contributed by atoms with Crippen LogP contribution >= 0.6 is 0 Å². The number of carbonyl (C=O) groups excluding carboxylic acids is 1. The average molecular weight is 179 g/mol. The van der Waals surface area contributed by atoms with Gasteiger partial charge in [0.05, 0.1) is 0 Å². The summed E-state index contributed by atoms with van der Waals surface area (Å²) in [6, 6.07) is 0. The van der Waals surface area contributed by atoms with Crippen LogP contribution in [0.4, 0.5) is 0 Å². The maximum Gasteiger partial charge on any atom is 1.00 e. The molecular weight excluding hydrogens is 165 g/mol. The van der Waals surface area contributed by atoms with E-state index in [9.17, 15) is 9.90 Å². The minimum absolute atomic E-state index is 0. The Balaban J connectivity index is 0.00000121. The van der Waals surface area contributed by atoms with Crippen molar-refractivity contribution in [3.63, 3.8) is 0 Å². The van der Waals surface area contributed by atoms with Crippen LogP contribution in [0.3, 0.4) is 0 Å². The summed E-state index contributed by atoms with van der Waals surface area (Å²) in [6.45, 7) is 0.231. The predicted octanol–water partition coefficient (Wildman–Crippen LogP) is -3.35. The Morgan fingerprint density at radius 1 is 1.33 bits per heavy atom. The van der Waals surface area contributed by atoms with Crippen molar-refractivity contribution >= 4 is 5.97 Å². The number of aliphatic carboxylic acids is 1. The largest absolute Gasteiger partial charge is 1.00 e. The molecule has 0 aromatic heterocycles. The van der Waals surface area contributed by atoms with Crippen LogP contribution in [0.15, 0.2) is 0 Å². The van der Waals surface area contributed by atoms with Crippen molar-refractivity contribution in [2.75, 3.05) is 6.54 Å². The van der Waals surface area contributed by atoms with Gasteiger partial charge in [-0.2, -0.15) is 0 Å². The summed E-state index contributed by atoms with van der Waals surface area (Å²) in [5, 5.41) is 10.7. The second-order valence-electron chi connectivity index (χ2n) is 3.33. The van der Waals surface area contributed by atoms with Gasteiger partial charge in [-0.1, -0.05) is 19.3 Å². The average Bonchev–Trinajstić information content (AvgIpc) is 2.05. The Kier molecular flexibility index (Phi) is 5.41. The third-order valence-electron chi connectivity index (χ3n) is 2.63. The van der Waals surface area contributed by atoms with Gasteiger partial charge in [-0.05, 0) is 12.8 Å². The first-order chi connectivity index (χ1) is 5.21. The second-order valence-corrected chi connectivity index (χ2v) is 3.33. The third-order valence-corrected chi connectivity index (χ3v) is 2.63. The molecule has 0 bridgehead atoms. The molecule has 0 aromatic rings. The SMILES string of the molecule is NCC1(C(=O)[O-])CCCCC1.[Na+]. The van der Waals surface area contributed by atoms with Crippen LogP contribution in [0.25, 0.3) is 0 Å². The van der Waals surface area contributed by atoms with E-state index in [0.29, 0.717) is 12.8 Å². The summed E-state index contributed by atoms with van der Waals surface area (Å²) in [5.41, 5.74) is 4.72. The molecule has 1 saturated carbocycles. The normalized spacial score (nSPS) is 21.1. The van der Waals surface area contributed by atoms with Crippen molar-refractivity contribution in [2.24, 2.45) is 11.1 Å². The van der Waals surface area contributed by atoms with Crippen LogP contribution in [-0.4, -0.2) is 12.5 Å². The fourth-order valence-corrected chi connectivity index (χ4v) is 1.72. The Morgan fingerprint density at radius 3 is 2.08 bits per heavy atom. The van der Waals surface area contributed by atoms with E-state index in [-0.39, 0.29) is 36.1 Å². The van der Waals surface area contributed by atoms with Gasteiger partial charge < -0.3 is 15.6 Å². The summed E-state index contributed by atoms with van der Waals surface area (Å²) in [6.07, 6.45) is 4.49. The second kappa shape index (κ2) is 5.22. The fraction of sp³-hybridized carbons (Fsp3) is 0.875. The van der Waals surface area contributed by atoms with Crippen molar-refractivity contribution in [2.45, 2.75) is 32.1 Å². The van der Waals surface area contributed by atoms with Gasteiger partial charge in [0.15, 0.2) is 0 Å². The van der Waals surface area contributed by atoms with E-state index in [0.717, 1.165) is 19.3 Å². The van der Waals surface area contributed by atoms with Crippen molar-refractivity contribution < 1.29 is 39.5 Å². The topological polar surface area (TPSA) is 66.2 Å². The predicted molar refractivity (Wildman–Crippen MR) is 39.6 cm³/mol. The molecule has 4 heteroatoms. The summed E-state index contributed by atoms with van der Waals surface area (Å²) in [7, 11) is 0. The Bertz CT molecular complexity index is 155. The minimum atomic E-state index is -0.959. The van der Waals surface area contributed by atoms with Crippen LogP contribution in [0.2, 0.25) is 0 Å². The zero-order valence-electron chi connectivity index (χ0n) is 7.64. The number of hydrogen-bond donors (Lipinski definition) is 1. The van der Waals surface area contributed by atoms with E-state index in [1.54, 1.807) is 0 Å². The molecule has 0 unspecified atom stereocenters. The zero-order valence-corrected chi connectivity index (χ0v) is 9.64. The van der Waals surface area contributed by atoms with Gasteiger partial charge in [0.25, 0.3) is 0 Å². The Hall–Kier alpha value is 0.430. The van der Waals surface area contributed by atoms with Gasteiger partial charge in [-0.3, -0.25) is 0 Å². The number of rotatable bonds is 2. The summed E-state index contributed by atoms with van der Waals surface area (Å²) < 4.78 is 0. The molecule has 1 aliphatic carbocycles. The van der Waals surface area contributed by atoms with E-state index < -0.39 is 11.4 Å². The molecule has 1 fully saturated rings. The molecule has 64 valence electrons. The zero-order chi connectivity index (χ0) is 8.32. The summed E-state index contributed by atoms with van der Waals surface area (Å²) in [4.78, 5) is 10.7. The van der Waals surface area contributed by atoms with Crippen molar-refractivity contribution in [3.8, 4) is 0 Å². The Morgan fingerprint density at radius 2 is 1.83 bits per heavy atom. The van der Waals surface area contributed by atoms with Crippen LogP contribution in [0, 0.1) is 5.41 Å². The van der Waals surface area contributed by atoms with E-state index in [1.807, 2.05) is 0 Å². The maximum atomic E-state index is 10.7. The molecule has 0 radical (unpaired) electrons. The van der Waals surface area contributed by atoms with Gasteiger partial charge in [0.2, 0.25) is 0 Å². The van der Waals surface area contributed by atoms with E-state index in [2.05, 4.69) is 0 Å². The number of carboxylic acids is 1. The van der Waals surface area contributed by atoms with E-state index in [4.69, 9.17) is 5.73 Å². The van der Waals surface area contributed by atoms with Crippen molar-refractivity contribution in [1.82, 2.24) is 0 Å². The monoisotopic (exact) mass is 179 g/mol. The van der Waals surface area contributed by atoms with Gasteiger partial charge in [-0.15, -0.1) is 0 Å². The van der Waals surface area contributed by atoms with Crippen LogP contribution in [0.5, 0.6) is 0 Å². The van der Waals surface area contributed by atoms with Gasteiger partial charge in [0.1, 0.15) is 0 Å². The van der Waals surface area contributed by atoms with E-state index >= 15 is 0 Å². The quantitative estimate of drug-likeness (QED) is 0.450. The van der Waals surface area contributed by atoms with Crippen LogP contribution in [-0.2, 0) is 4.79 Å². The molecule has 0 spiro atoms. The molecule has 0 aromatic carbocycles. The first-order valence-electron chi connectivity index (χ1n) is 4.13. The standard InChI is InChI=1S/C8H15NO2.Na/c9-6-8(7(10)11)4-2-1-3-5-8;/h1-6,9H2,(H,10,11);/q;+1/p-1.